The number of hydrogen-bond acceptors (Lipinski definition) is 3. The fourth-order valence-corrected chi connectivity index (χ4v) is 2.15. The van der Waals surface area contributed by atoms with Crippen LogP contribution >= 0.6 is 0 Å². The molecule has 1 aromatic heterocycles. The summed E-state index contributed by atoms with van der Waals surface area (Å²) >= 11 is 0. The second kappa shape index (κ2) is 6.17. The lowest BCUT2D eigenvalue weighted by Gasteiger charge is -2.09. The largest absolute Gasteiger partial charge is 0.377 e. The summed E-state index contributed by atoms with van der Waals surface area (Å²) < 4.78 is 7.59. The van der Waals surface area contributed by atoms with Gasteiger partial charge in [-0.3, -0.25) is 4.68 Å². The van der Waals surface area contributed by atoms with E-state index in [9.17, 15) is 0 Å². The van der Waals surface area contributed by atoms with Crippen molar-refractivity contribution in [1.29, 1.82) is 0 Å². The van der Waals surface area contributed by atoms with Gasteiger partial charge in [-0.15, -0.1) is 0 Å². The molecule has 1 fully saturated rings. The molecule has 0 radical (unpaired) electrons. The molecule has 4 heteroatoms. The van der Waals surface area contributed by atoms with Gasteiger partial charge in [-0.05, 0) is 18.8 Å². The van der Waals surface area contributed by atoms with E-state index in [2.05, 4.69) is 30.5 Å². The molecule has 17 heavy (non-hydrogen) atoms. The number of rotatable bonds is 6. The van der Waals surface area contributed by atoms with Crippen LogP contribution in [0.25, 0.3) is 0 Å². The SMILES string of the molecule is CC(C)Cn1cc(CNCC2CCCO2)cn1. The van der Waals surface area contributed by atoms with Crippen molar-refractivity contribution in [3.8, 4) is 0 Å². The Morgan fingerprint density at radius 3 is 3.18 bits per heavy atom. The molecule has 1 saturated heterocycles. The zero-order chi connectivity index (χ0) is 12.1. The topological polar surface area (TPSA) is 39.1 Å². The van der Waals surface area contributed by atoms with Crippen LogP contribution in [0.5, 0.6) is 0 Å². The second-order valence-electron chi connectivity index (χ2n) is 5.23. The fourth-order valence-electron chi connectivity index (χ4n) is 2.15. The van der Waals surface area contributed by atoms with E-state index >= 15 is 0 Å². The monoisotopic (exact) mass is 237 g/mol. The summed E-state index contributed by atoms with van der Waals surface area (Å²) in [7, 11) is 0. The predicted molar refractivity (Wildman–Crippen MR) is 67.7 cm³/mol. The smallest absolute Gasteiger partial charge is 0.0700 e. The van der Waals surface area contributed by atoms with E-state index in [4.69, 9.17) is 4.74 Å². The van der Waals surface area contributed by atoms with Gasteiger partial charge in [-0.2, -0.15) is 5.10 Å². The Morgan fingerprint density at radius 2 is 2.47 bits per heavy atom. The first-order valence-corrected chi connectivity index (χ1v) is 6.57. The molecule has 0 saturated carbocycles. The average Bonchev–Trinajstić information content (AvgIpc) is 2.89. The van der Waals surface area contributed by atoms with Crippen LogP contribution in [0.15, 0.2) is 12.4 Å². The molecular weight excluding hydrogens is 214 g/mol. The highest BCUT2D eigenvalue weighted by Gasteiger charge is 2.14. The van der Waals surface area contributed by atoms with E-state index < -0.39 is 0 Å². The van der Waals surface area contributed by atoms with Crippen LogP contribution in [0.3, 0.4) is 0 Å². The molecule has 1 atom stereocenters. The Morgan fingerprint density at radius 1 is 1.59 bits per heavy atom. The Balaban J connectivity index is 1.69. The maximum atomic E-state index is 5.57. The first-order valence-electron chi connectivity index (χ1n) is 6.57. The first kappa shape index (κ1) is 12.6. The van der Waals surface area contributed by atoms with Gasteiger partial charge in [0.25, 0.3) is 0 Å². The number of nitrogens with one attached hydrogen (secondary N) is 1. The predicted octanol–water partition coefficient (Wildman–Crippen LogP) is 1.81. The standard InChI is InChI=1S/C13H23N3O/c1-11(2)9-16-10-12(7-15-16)6-14-8-13-4-3-5-17-13/h7,10-11,13-14H,3-6,8-9H2,1-2H3. The third kappa shape index (κ3) is 4.13. The minimum absolute atomic E-state index is 0.417. The van der Waals surface area contributed by atoms with Gasteiger partial charge in [0.2, 0.25) is 0 Å². The van der Waals surface area contributed by atoms with Gasteiger partial charge in [-0.25, -0.2) is 0 Å². The lowest BCUT2D eigenvalue weighted by Crippen LogP contribution is -2.25. The maximum Gasteiger partial charge on any atom is 0.0700 e. The van der Waals surface area contributed by atoms with E-state index in [0.717, 1.165) is 26.2 Å². The van der Waals surface area contributed by atoms with Crippen LogP contribution in [-0.2, 0) is 17.8 Å². The quantitative estimate of drug-likeness (QED) is 0.820. The summed E-state index contributed by atoms with van der Waals surface area (Å²) in [5.74, 6) is 0.641. The summed E-state index contributed by atoms with van der Waals surface area (Å²) in [6.07, 6.45) is 6.90. The molecule has 1 aromatic rings. The van der Waals surface area contributed by atoms with E-state index in [1.807, 2.05) is 10.9 Å². The third-order valence-corrected chi connectivity index (χ3v) is 2.96. The van der Waals surface area contributed by atoms with Gasteiger partial charge < -0.3 is 10.1 Å². The highest BCUT2D eigenvalue weighted by molar-refractivity contribution is 5.03. The van der Waals surface area contributed by atoms with Crippen molar-refractivity contribution >= 4 is 0 Å². The van der Waals surface area contributed by atoms with Crippen LogP contribution in [0.4, 0.5) is 0 Å². The Labute approximate surface area is 103 Å². The van der Waals surface area contributed by atoms with Crippen molar-refractivity contribution in [2.75, 3.05) is 13.2 Å². The molecule has 2 heterocycles. The fraction of sp³-hybridized carbons (Fsp3) is 0.769. The number of hydrogen-bond donors (Lipinski definition) is 1. The molecule has 1 unspecified atom stereocenters. The van der Waals surface area contributed by atoms with Crippen molar-refractivity contribution in [2.24, 2.45) is 5.92 Å². The normalized spacial score (nSPS) is 20.3. The molecule has 1 aliphatic heterocycles. The Hall–Kier alpha value is -0.870. The summed E-state index contributed by atoms with van der Waals surface area (Å²) in [4.78, 5) is 0. The molecule has 1 N–H and O–H groups in total. The molecule has 96 valence electrons. The van der Waals surface area contributed by atoms with Crippen molar-refractivity contribution in [3.05, 3.63) is 18.0 Å². The van der Waals surface area contributed by atoms with Gasteiger partial charge in [0.15, 0.2) is 0 Å². The molecular formula is C13H23N3O. The minimum atomic E-state index is 0.417. The van der Waals surface area contributed by atoms with Crippen molar-refractivity contribution < 1.29 is 4.74 Å². The Bertz CT molecular complexity index is 329. The summed E-state index contributed by atoms with van der Waals surface area (Å²) in [5, 5.41) is 7.78. The molecule has 4 nitrogen and oxygen atoms in total. The number of ether oxygens (including phenoxy) is 1. The molecule has 0 spiro atoms. The van der Waals surface area contributed by atoms with Gasteiger partial charge in [0.1, 0.15) is 0 Å². The summed E-state index contributed by atoms with van der Waals surface area (Å²) in [6.45, 7) is 8.17. The summed E-state index contributed by atoms with van der Waals surface area (Å²) in [5.41, 5.74) is 1.25. The van der Waals surface area contributed by atoms with Gasteiger partial charge in [0, 0.05) is 38.0 Å². The highest BCUT2D eigenvalue weighted by atomic mass is 16.5. The lowest BCUT2D eigenvalue weighted by atomic mass is 10.2. The zero-order valence-corrected chi connectivity index (χ0v) is 10.9. The molecule has 0 aromatic carbocycles. The van der Waals surface area contributed by atoms with Gasteiger partial charge >= 0.3 is 0 Å². The molecule has 1 aliphatic rings. The zero-order valence-electron chi connectivity index (χ0n) is 10.9. The van der Waals surface area contributed by atoms with E-state index in [1.165, 1.54) is 18.4 Å². The first-order chi connectivity index (χ1) is 8.24. The highest BCUT2D eigenvalue weighted by Crippen LogP contribution is 2.10. The average molecular weight is 237 g/mol. The maximum absolute atomic E-state index is 5.57. The van der Waals surface area contributed by atoms with Crippen LogP contribution in [0.1, 0.15) is 32.3 Å². The van der Waals surface area contributed by atoms with E-state index in [0.29, 0.717) is 12.0 Å². The second-order valence-corrected chi connectivity index (χ2v) is 5.23. The van der Waals surface area contributed by atoms with E-state index in [1.54, 1.807) is 0 Å². The molecule has 2 rings (SSSR count). The van der Waals surface area contributed by atoms with Crippen LogP contribution in [0.2, 0.25) is 0 Å². The van der Waals surface area contributed by atoms with Crippen molar-refractivity contribution in [2.45, 2.75) is 45.9 Å². The molecule has 0 amide bonds. The number of aromatic nitrogens is 2. The van der Waals surface area contributed by atoms with Crippen molar-refractivity contribution in [1.82, 2.24) is 15.1 Å². The third-order valence-electron chi connectivity index (χ3n) is 2.96. The van der Waals surface area contributed by atoms with Crippen LogP contribution in [-0.4, -0.2) is 29.0 Å². The Kier molecular flexibility index (Phi) is 4.57. The van der Waals surface area contributed by atoms with Gasteiger partial charge in [-0.1, -0.05) is 13.8 Å². The number of nitrogens with zero attached hydrogens (tertiary/aromatic N) is 2. The van der Waals surface area contributed by atoms with E-state index in [-0.39, 0.29) is 0 Å². The van der Waals surface area contributed by atoms with Crippen LogP contribution in [0, 0.1) is 5.92 Å². The molecule has 0 aliphatic carbocycles. The lowest BCUT2D eigenvalue weighted by molar-refractivity contribution is 0.110. The summed E-state index contributed by atoms with van der Waals surface area (Å²) in [6, 6.07) is 0. The van der Waals surface area contributed by atoms with Crippen LogP contribution < -0.4 is 5.32 Å². The van der Waals surface area contributed by atoms with Crippen molar-refractivity contribution in [3.63, 3.8) is 0 Å². The minimum Gasteiger partial charge on any atom is -0.377 e. The molecule has 0 bridgehead atoms. The van der Waals surface area contributed by atoms with Gasteiger partial charge in [0.05, 0.1) is 12.3 Å².